The molecule has 0 spiro atoms. The van der Waals surface area contributed by atoms with Crippen LogP contribution in [0.2, 0.25) is 0 Å². The second-order valence-corrected chi connectivity index (χ2v) is 18.4. The quantitative estimate of drug-likeness (QED) is 0.0807. The monoisotopic (exact) mass is 938 g/mol. The number of rotatable bonds is 9. The predicted octanol–water partition coefficient (Wildman–Crippen LogP) is -8.80. The van der Waals surface area contributed by atoms with Gasteiger partial charge in [-0.1, -0.05) is 6.07 Å². The fraction of sp³-hybridized carbons (Fsp3) is 0.618. The van der Waals surface area contributed by atoms with Crippen LogP contribution in [0, 0.1) is 0 Å². The highest BCUT2D eigenvalue weighted by molar-refractivity contribution is 8.70. The van der Waals surface area contributed by atoms with Crippen LogP contribution in [0.15, 0.2) is 23.1 Å². The van der Waals surface area contributed by atoms with Crippen LogP contribution < -0.4 is 32.7 Å². The Hall–Kier alpha value is -4.79. The number of fused-ring (bicyclic) bond motifs is 2. The summed E-state index contributed by atoms with van der Waals surface area (Å²) in [6, 6.07) is -9.71. The molecule has 3 saturated heterocycles. The molecule has 3 aliphatic heterocycles. The molecular weight excluding hydrogens is 889 g/mol. The zero-order chi connectivity index (χ0) is 47.4. The number of amides is 7. The van der Waals surface area contributed by atoms with Gasteiger partial charge in [0.15, 0.2) is 6.23 Å². The van der Waals surface area contributed by atoms with Gasteiger partial charge in [-0.15, -0.1) is 0 Å². The molecule has 3 fully saturated rings. The highest BCUT2D eigenvalue weighted by Crippen LogP contribution is 2.35. The average molecular weight is 939 g/mol. The molecule has 0 bridgehead atoms. The minimum absolute atomic E-state index is 0.291. The number of hydrogen-bond acceptors (Lipinski definition) is 20. The van der Waals surface area contributed by atoms with Gasteiger partial charge in [-0.2, -0.15) is 8.42 Å². The third kappa shape index (κ3) is 12.5. The maximum atomic E-state index is 14.3. The first-order chi connectivity index (χ1) is 29.2. The Morgan fingerprint density at radius 3 is 2.05 bits per heavy atom. The minimum atomic E-state index is -4.88. The molecule has 0 aliphatic carbocycles. The Balaban J connectivity index is 1.86. The van der Waals surface area contributed by atoms with E-state index in [-0.39, 0.29) is 17.2 Å². The molecule has 29 heteroatoms. The topological polar surface area (TPSA) is 463 Å². The van der Waals surface area contributed by atoms with E-state index in [1.807, 2.05) is 10.6 Å². The number of hydrogen-bond donors (Lipinski definition) is 16. The van der Waals surface area contributed by atoms with Gasteiger partial charge >= 0.3 is 9.15 Å². The van der Waals surface area contributed by atoms with Crippen LogP contribution in [0.1, 0.15) is 44.3 Å². The number of aliphatic hydroxyl groups is 8. The van der Waals surface area contributed by atoms with E-state index in [9.17, 15) is 92.5 Å². The maximum Gasteiger partial charge on any atom is 0.324 e. The lowest BCUT2D eigenvalue weighted by Crippen LogP contribution is -2.64. The number of aromatic hydroxyl groups is 1. The molecule has 7 amide bonds. The number of carbonyl (C=O) groups is 7. The van der Waals surface area contributed by atoms with Crippen molar-refractivity contribution in [3.8, 4) is 5.75 Å². The van der Waals surface area contributed by atoms with E-state index in [0.29, 0.717) is 9.80 Å². The number of nitrogens with zero attached hydrogens (tertiary/aromatic N) is 2. The molecule has 0 aromatic heterocycles. The lowest BCUT2D eigenvalue weighted by Gasteiger charge is -2.34. The van der Waals surface area contributed by atoms with Gasteiger partial charge in [0.2, 0.25) is 41.4 Å². The van der Waals surface area contributed by atoms with Gasteiger partial charge in [0.1, 0.15) is 54.3 Å². The Labute approximate surface area is 360 Å². The van der Waals surface area contributed by atoms with Crippen molar-refractivity contribution in [3.05, 3.63) is 23.8 Å². The number of benzene rings is 1. The van der Waals surface area contributed by atoms with Crippen molar-refractivity contribution >= 4 is 61.3 Å². The van der Waals surface area contributed by atoms with E-state index >= 15 is 0 Å². The Morgan fingerprint density at radius 2 is 1.44 bits per heavy atom. The summed E-state index contributed by atoms with van der Waals surface area (Å²) >= 11 is 0. The van der Waals surface area contributed by atoms with E-state index < -0.39 is 184 Å². The number of primary amides is 1. The van der Waals surface area contributed by atoms with Crippen LogP contribution in [0.4, 0.5) is 0 Å². The average Bonchev–Trinajstić information content (AvgIpc) is 3.78. The number of phenolic OH excluding ortho intramolecular Hbond substituents is 1. The molecule has 3 heterocycles. The molecule has 18 N–H and O–H groups in total. The SMILES string of the molecule is CC(O)C1NC(=O)C(N)CC(O)C(O)NC(=O)C2C(O)CCN2C(=O)C(C(O)CC(N)=O)NC(=O)C(C(O)C(O)c2ccc(O)c(SS(=O)(=O)O)c2)NC(=O)C2CC(O)CN2C1=O. The summed E-state index contributed by atoms with van der Waals surface area (Å²) in [5.41, 5.74) is 10.7. The first-order valence-electron chi connectivity index (χ1n) is 19.0. The Kier molecular flexibility index (Phi) is 16.8. The zero-order valence-corrected chi connectivity index (χ0v) is 34.7. The standard InChI is InChI=1S/C34H50N8O19S2/c1-11(43)22-33(57)42-10-13(44)7-15(42)29(53)39-24(27(51)26(50)12-2-3-16(45)20(6-12)62-63(59,60)61)31(55)38-23(18(47)9-21(36)49)34(58)41-5-4-17(46)25(41)32(56)40-30(54)19(48)8-14(35)28(52)37-22/h2-3,6,11,13-15,17-19,22-27,30,43-48,50-51,54H,4-5,7-10,35H2,1H3,(H2,36,49)(H,37,52)(H,38,55)(H,39,53)(H,40,56)(H,59,60,61). The fourth-order valence-corrected chi connectivity index (χ4v) is 8.84. The highest BCUT2D eigenvalue weighted by Gasteiger charge is 2.49. The number of nitrogens with two attached hydrogens (primary N) is 2. The van der Waals surface area contributed by atoms with E-state index in [1.165, 1.54) is 0 Å². The largest absolute Gasteiger partial charge is 0.507 e. The molecule has 14 atom stereocenters. The molecule has 4 rings (SSSR count). The summed E-state index contributed by atoms with van der Waals surface area (Å²) in [6.07, 6.45) is -19.2. The molecule has 1 aromatic carbocycles. The van der Waals surface area contributed by atoms with Crippen LogP contribution in [0.5, 0.6) is 5.75 Å². The van der Waals surface area contributed by atoms with Gasteiger partial charge in [-0.05, 0) is 31.0 Å². The maximum absolute atomic E-state index is 14.3. The molecule has 0 radical (unpaired) electrons. The third-order valence-corrected chi connectivity index (χ3v) is 12.3. The lowest BCUT2D eigenvalue weighted by molar-refractivity contribution is -0.149. The zero-order valence-electron chi connectivity index (χ0n) is 33.1. The van der Waals surface area contributed by atoms with Crippen LogP contribution in [-0.2, 0) is 42.7 Å². The first kappa shape index (κ1) is 50.9. The summed E-state index contributed by atoms with van der Waals surface area (Å²) in [7, 11) is -5.17. The summed E-state index contributed by atoms with van der Waals surface area (Å²) in [5.74, 6) is -10.1. The number of aliphatic hydroxyl groups excluding tert-OH is 8. The van der Waals surface area contributed by atoms with Gasteiger partial charge < -0.3 is 88.5 Å². The molecule has 63 heavy (non-hydrogen) atoms. The van der Waals surface area contributed by atoms with Crippen molar-refractivity contribution in [3.63, 3.8) is 0 Å². The van der Waals surface area contributed by atoms with Crippen molar-refractivity contribution in [1.82, 2.24) is 31.1 Å². The van der Waals surface area contributed by atoms with Gasteiger partial charge in [0.25, 0.3) is 0 Å². The van der Waals surface area contributed by atoms with Crippen LogP contribution in [0.3, 0.4) is 0 Å². The van der Waals surface area contributed by atoms with E-state index in [1.54, 1.807) is 0 Å². The van der Waals surface area contributed by atoms with Crippen LogP contribution in [-0.4, -0.2) is 202 Å². The molecule has 14 unspecified atom stereocenters. The number of carbonyl (C=O) groups excluding carboxylic acids is 7. The van der Waals surface area contributed by atoms with E-state index in [4.69, 9.17) is 11.5 Å². The van der Waals surface area contributed by atoms with Gasteiger partial charge in [-0.3, -0.25) is 38.1 Å². The van der Waals surface area contributed by atoms with Crippen molar-refractivity contribution in [1.29, 1.82) is 0 Å². The second-order valence-electron chi connectivity index (χ2n) is 15.2. The molecule has 352 valence electrons. The summed E-state index contributed by atoms with van der Waals surface area (Å²) < 4.78 is 32.4. The van der Waals surface area contributed by atoms with E-state index in [2.05, 4.69) is 10.6 Å². The first-order valence-corrected chi connectivity index (χ1v) is 21.8. The van der Waals surface area contributed by atoms with Crippen molar-refractivity contribution in [2.45, 2.75) is 123 Å². The lowest BCUT2D eigenvalue weighted by atomic mass is 9.96. The molecule has 1 aromatic rings. The smallest absolute Gasteiger partial charge is 0.324 e. The predicted molar refractivity (Wildman–Crippen MR) is 209 cm³/mol. The molecular formula is C34H50N8O19S2. The Bertz CT molecular complexity index is 2030. The van der Waals surface area contributed by atoms with E-state index in [0.717, 1.165) is 25.1 Å². The number of nitrogens with one attached hydrogen (secondary N) is 4. The summed E-state index contributed by atoms with van der Waals surface area (Å²) in [4.78, 5) is 95.6. The fourth-order valence-electron chi connectivity index (χ4n) is 7.19. The summed E-state index contributed by atoms with van der Waals surface area (Å²) in [5, 5.41) is 106. The molecule has 0 saturated carbocycles. The number of phenols is 1. The van der Waals surface area contributed by atoms with Gasteiger partial charge in [0.05, 0.1) is 41.8 Å². The minimum Gasteiger partial charge on any atom is -0.507 e. The van der Waals surface area contributed by atoms with Crippen molar-refractivity contribution in [2.24, 2.45) is 11.5 Å². The highest BCUT2D eigenvalue weighted by atomic mass is 33.1. The van der Waals surface area contributed by atoms with Gasteiger partial charge in [-0.25, -0.2) is 0 Å². The normalized spacial score (nSPS) is 31.6. The Morgan fingerprint density at radius 1 is 0.841 bits per heavy atom. The summed E-state index contributed by atoms with van der Waals surface area (Å²) in [6.45, 7) is -0.0604. The van der Waals surface area contributed by atoms with Gasteiger partial charge in [0, 0.05) is 36.7 Å². The van der Waals surface area contributed by atoms with Crippen molar-refractivity contribution in [2.75, 3.05) is 13.1 Å². The second kappa shape index (κ2) is 20.8. The molecule has 3 aliphatic rings. The molecule has 27 nitrogen and oxygen atoms in total. The van der Waals surface area contributed by atoms with Crippen molar-refractivity contribution < 1.29 is 92.5 Å². The van der Waals surface area contributed by atoms with Crippen LogP contribution in [0.25, 0.3) is 0 Å². The third-order valence-electron chi connectivity index (χ3n) is 10.4. The van der Waals surface area contributed by atoms with Crippen LogP contribution >= 0.6 is 10.8 Å².